The second-order valence-electron chi connectivity index (χ2n) is 12.8. The summed E-state index contributed by atoms with van der Waals surface area (Å²) in [4.78, 5) is 0. The van der Waals surface area contributed by atoms with Crippen molar-refractivity contribution in [3.05, 3.63) is 0 Å². The van der Waals surface area contributed by atoms with Crippen LogP contribution in [0.3, 0.4) is 0 Å². The van der Waals surface area contributed by atoms with Crippen LogP contribution < -0.4 is 0 Å². The number of ether oxygens (including phenoxy) is 2. The maximum atomic E-state index is 5.58. The number of hydrogen-bond donors (Lipinski definition) is 0. The van der Waals surface area contributed by atoms with Crippen LogP contribution in [0.15, 0.2) is 0 Å². The zero-order chi connectivity index (χ0) is 21.0. The molecule has 2 bridgehead atoms. The molecule has 0 amide bonds. The summed E-state index contributed by atoms with van der Waals surface area (Å²) in [5.74, 6) is 2.38. The monoisotopic (exact) mass is 446 g/mol. The molecule has 186 valence electrons. The second kappa shape index (κ2) is 11.1. The predicted octanol–water partition coefficient (Wildman–Crippen LogP) is 8.86. The third kappa shape index (κ3) is 6.32. The van der Waals surface area contributed by atoms with Crippen LogP contribution in [0.2, 0.25) is 0 Å². The zero-order valence-electron chi connectivity index (χ0n) is 20.4. The van der Waals surface area contributed by atoms with Gasteiger partial charge in [-0.25, -0.2) is 0 Å². The first-order valence-corrected chi connectivity index (χ1v) is 14.4. The smallest absolute Gasteiger partial charge is 0.0683 e. The minimum atomic E-state index is 0. The predicted molar refractivity (Wildman–Crippen MR) is 135 cm³/mol. The van der Waals surface area contributed by atoms with Gasteiger partial charge in [-0.15, -0.1) is 0 Å². The third-order valence-electron chi connectivity index (χ3n) is 10.6. The van der Waals surface area contributed by atoms with Crippen molar-refractivity contribution < 1.29 is 9.47 Å². The second-order valence-corrected chi connectivity index (χ2v) is 12.8. The Hall–Kier alpha value is -0.0800. The van der Waals surface area contributed by atoms with Crippen LogP contribution in [-0.2, 0) is 9.47 Å². The summed E-state index contributed by atoms with van der Waals surface area (Å²) in [5.41, 5.74) is 2.12. The third-order valence-corrected chi connectivity index (χ3v) is 10.6. The highest BCUT2D eigenvalue weighted by Gasteiger charge is 2.42. The van der Waals surface area contributed by atoms with E-state index in [-0.39, 0.29) is 7.43 Å². The lowest BCUT2D eigenvalue weighted by Gasteiger charge is -2.44. The first kappa shape index (κ1) is 25.0. The Balaban J connectivity index is 0.000000102. The average molecular weight is 447 g/mol. The van der Waals surface area contributed by atoms with Gasteiger partial charge in [-0.05, 0) is 119 Å². The van der Waals surface area contributed by atoms with E-state index in [1.807, 2.05) is 0 Å². The van der Waals surface area contributed by atoms with Crippen LogP contribution >= 0.6 is 0 Å². The Kier molecular flexibility index (Phi) is 8.69. The van der Waals surface area contributed by atoms with Gasteiger partial charge in [0.15, 0.2) is 0 Å². The van der Waals surface area contributed by atoms with Crippen molar-refractivity contribution in [2.75, 3.05) is 19.8 Å². The molecule has 32 heavy (non-hydrogen) atoms. The topological polar surface area (TPSA) is 18.5 Å². The molecule has 2 aliphatic heterocycles. The van der Waals surface area contributed by atoms with E-state index in [9.17, 15) is 0 Å². The van der Waals surface area contributed by atoms with E-state index >= 15 is 0 Å². The summed E-state index contributed by atoms with van der Waals surface area (Å²) < 4.78 is 10.9. The molecule has 2 nitrogen and oxygen atoms in total. The first-order valence-electron chi connectivity index (χ1n) is 14.4. The highest BCUT2D eigenvalue weighted by Crippen LogP contribution is 2.56. The molecule has 7 aliphatic carbocycles. The van der Waals surface area contributed by atoms with Crippen LogP contribution in [0.1, 0.15) is 142 Å². The van der Waals surface area contributed by atoms with Gasteiger partial charge in [-0.1, -0.05) is 46.0 Å². The summed E-state index contributed by atoms with van der Waals surface area (Å²) in [5, 5.41) is 0. The largest absolute Gasteiger partial charge is 0.381 e. The van der Waals surface area contributed by atoms with Gasteiger partial charge in [-0.2, -0.15) is 0 Å². The molecule has 9 aliphatic rings. The minimum Gasteiger partial charge on any atom is -0.381 e. The summed E-state index contributed by atoms with van der Waals surface area (Å²) in [7, 11) is 0. The molecule has 0 N–H and O–H groups in total. The van der Waals surface area contributed by atoms with Crippen LogP contribution in [0.5, 0.6) is 0 Å². The van der Waals surface area contributed by atoms with Gasteiger partial charge in [0.25, 0.3) is 0 Å². The van der Waals surface area contributed by atoms with Crippen LogP contribution in [0.25, 0.3) is 0 Å². The van der Waals surface area contributed by atoms with E-state index in [4.69, 9.17) is 9.47 Å². The Morgan fingerprint density at radius 2 is 1.00 bits per heavy atom. The van der Waals surface area contributed by atoms with Crippen molar-refractivity contribution >= 4 is 0 Å². The standard InChI is InChI=1S/C8H14O.C8H14.C7H12O.C6H10.CH4/c1-2-8(3-1)4-6-9-7-5-8;1-2-4-8(5-3-1)6-7-8;1-3-7(4-1)5-2-6-8-7;1-2-6-3-5(1)4-6;/h1-7H2;1-7H2;1-6H2;5-6H,1-4H2;1H4. The van der Waals surface area contributed by atoms with E-state index < -0.39 is 0 Å². The van der Waals surface area contributed by atoms with Crippen molar-refractivity contribution in [2.24, 2.45) is 22.7 Å². The lowest BCUT2D eigenvalue weighted by Crippen LogP contribution is -2.35. The van der Waals surface area contributed by atoms with E-state index in [0.29, 0.717) is 5.60 Å². The van der Waals surface area contributed by atoms with Crippen molar-refractivity contribution in [3.63, 3.8) is 0 Å². The molecule has 0 aromatic heterocycles. The van der Waals surface area contributed by atoms with Gasteiger partial charge in [0.1, 0.15) is 0 Å². The Labute approximate surface area is 200 Å². The van der Waals surface area contributed by atoms with Gasteiger partial charge in [0.05, 0.1) is 5.60 Å². The Morgan fingerprint density at radius 1 is 0.469 bits per heavy atom. The fourth-order valence-electron chi connectivity index (χ4n) is 7.50. The van der Waals surface area contributed by atoms with Crippen LogP contribution in [0, 0.1) is 22.7 Å². The Morgan fingerprint density at radius 3 is 1.28 bits per heavy atom. The summed E-state index contributed by atoms with van der Waals surface area (Å²) in [6, 6.07) is 0. The lowest BCUT2D eigenvalue weighted by atomic mass is 9.64. The number of rotatable bonds is 0. The average Bonchev–Trinajstić information content (AvgIpc) is 3.23. The van der Waals surface area contributed by atoms with Crippen LogP contribution in [-0.4, -0.2) is 25.4 Å². The van der Waals surface area contributed by atoms with E-state index in [1.54, 1.807) is 51.4 Å². The maximum absolute atomic E-state index is 5.58. The molecule has 2 heterocycles. The van der Waals surface area contributed by atoms with Crippen molar-refractivity contribution in [3.8, 4) is 0 Å². The summed E-state index contributed by atoms with van der Waals surface area (Å²) in [6.07, 6.45) is 31.0. The molecule has 9 fully saturated rings. The highest BCUT2D eigenvalue weighted by atomic mass is 16.5. The molecule has 0 atom stereocenters. The van der Waals surface area contributed by atoms with Crippen molar-refractivity contribution in [2.45, 2.75) is 148 Å². The van der Waals surface area contributed by atoms with Crippen molar-refractivity contribution in [1.29, 1.82) is 0 Å². The quantitative estimate of drug-likeness (QED) is 0.370. The molecule has 2 heteroatoms. The molecular formula is C30H54O2. The van der Waals surface area contributed by atoms with Gasteiger partial charge >= 0.3 is 0 Å². The molecule has 0 aromatic carbocycles. The van der Waals surface area contributed by atoms with E-state index in [0.717, 1.165) is 30.7 Å². The number of fused-ring (bicyclic) bond motifs is 1. The molecule has 9 rings (SSSR count). The van der Waals surface area contributed by atoms with Gasteiger partial charge < -0.3 is 9.47 Å². The summed E-state index contributed by atoms with van der Waals surface area (Å²) in [6.45, 7) is 3.08. The van der Waals surface area contributed by atoms with E-state index in [2.05, 4.69) is 0 Å². The minimum absolute atomic E-state index is 0. The fourth-order valence-corrected chi connectivity index (χ4v) is 7.50. The van der Waals surface area contributed by atoms with Gasteiger partial charge in [-0.3, -0.25) is 0 Å². The van der Waals surface area contributed by atoms with Gasteiger partial charge in [0, 0.05) is 19.8 Å². The molecule has 0 unspecified atom stereocenters. The molecule has 0 aromatic rings. The molecular weight excluding hydrogens is 392 g/mol. The fraction of sp³-hybridized carbons (Fsp3) is 1.00. The van der Waals surface area contributed by atoms with Gasteiger partial charge in [0.2, 0.25) is 0 Å². The number of hydrogen-bond acceptors (Lipinski definition) is 2. The molecule has 3 spiro atoms. The highest BCUT2D eigenvalue weighted by molar-refractivity contribution is 4.94. The SMILES string of the molecule is C.C1CC2(C1)CCOCC2.C1CC2CC1C2.C1CCC2(CC1)CC2.C1COC2(C1)CCC2. The first-order chi connectivity index (χ1) is 15.2. The molecule has 0 radical (unpaired) electrons. The maximum Gasteiger partial charge on any atom is 0.0683 e. The molecule has 7 saturated carbocycles. The summed E-state index contributed by atoms with van der Waals surface area (Å²) >= 11 is 0. The zero-order valence-corrected chi connectivity index (χ0v) is 20.4. The molecule has 2 saturated heterocycles. The normalized spacial score (nSPS) is 35.2. The Bertz CT molecular complexity index is 514. The lowest BCUT2D eigenvalue weighted by molar-refractivity contribution is -0.0561. The van der Waals surface area contributed by atoms with E-state index in [1.165, 1.54) is 95.3 Å². The van der Waals surface area contributed by atoms with Crippen LogP contribution in [0.4, 0.5) is 0 Å². The van der Waals surface area contributed by atoms with Crippen molar-refractivity contribution in [1.82, 2.24) is 0 Å².